The summed E-state index contributed by atoms with van der Waals surface area (Å²) < 4.78 is 32.7. The fourth-order valence-electron chi connectivity index (χ4n) is 3.05. The number of nitrogens with zero attached hydrogens (tertiary/aromatic N) is 1. The van der Waals surface area contributed by atoms with Crippen molar-refractivity contribution in [2.45, 2.75) is 19.3 Å². The third-order valence-electron chi connectivity index (χ3n) is 3.63. The van der Waals surface area contributed by atoms with Gasteiger partial charge in [0.2, 0.25) is 0 Å². The van der Waals surface area contributed by atoms with E-state index < -0.39 is 10.2 Å². The summed E-state index contributed by atoms with van der Waals surface area (Å²) in [6, 6.07) is 13.2. The normalized spacial score (nSPS) is 16.4. The number of hydrogen-bond donors (Lipinski definition) is 1. The maximum atomic E-state index is 8.60. The Morgan fingerprint density at radius 2 is 1.67 bits per heavy atom. The van der Waals surface area contributed by atoms with Crippen molar-refractivity contribution in [3.8, 4) is 0 Å². The maximum absolute atomic E-state index is 8.60. The Hall–Kier alpha value is -1.37. The van der Waals surface area contributed by atoms with Crippen molar-refractivity contribution >= 4 is 16.5 Å². The molecule has 1 N–H and O–H groups in total. The molecule has 0 fully saturated rings. The van der Waals surface area contributed by atoms with Crippen molar-refractivity contribution < 1.29 is 28.9 Å². The summed E-state index contributed by atoms with van der Waals surface area (Å²) in [7, 11) is -2.51. The van der Waals surface area contributed by atoms with Crippen LogP contribution in [0.3, 0.4) is 0 Å². The van der Waals surface area contributed by atoms with Gasteiger partial charge in [-0.1, -0.05) is 44.2 Å². The van der Waals surface area contributed by atoms with Gasteiger partial charge in [-0.05, 0) is 22.4 Å². The molecule has 0 saturated heterocycles. The van der Waals surface area contributed by atoms with Crippen molar-refractivity contribution in [1.29, 1.82) is 0 Å². The van der Waals surface area contributed by atoms with E-state index in [0.717, 1.165) is 6.54 Å². The van der Waals surface area contributed by atoms with Crippen molar-refractivity contribution in [2.24, 2.45) is 0 Å². The van der Waals surface area contributed by atoms with E-state index in [4.69, 9.17) is 18.6 Å². The summed E-state index contributed by atoms with van der Waals surface area (Å²) >= 11 is 0. The molecule has 0 bridgehead atoms. The first-order valence-electron chi connectivity index (χ1n) is 6.46. The third-order valence-corrected chi connectivity index (χ3v) is 3.63. The summed E-state index contributed by atoms with van der Waals surface area (Å²) in [6.45, 7) is 5.78. The lowest BCUT2D eigenvalue weighted by Gasteiger charge is -2.19. The highest BCUT2D eigenvalue weighted by Gasteiger charge is 2.34. The molecule has 0 amide bonds. The molecule has 3 rings (SSSR count). The number of rotatable bonds is 0. The lowest BCUT2D eigenvalue weighted by Crippen LogP contribution is -2.58. The maximum Gasteiger partial charge on any atom is 0.0777 e. The van der Waals surface area contributed by atoms with Gasteiger partial charge >= 0.3 is 0 Å². The Balaban J connectivity index is 0.000000282. The second kappa shape index (κ2) is 5.44. The van der Waals surface area contributed by atoms with E-state index in [1.807, 2.05) is 0 Å². The van der Waals surface area contributed by atoms with Gasteiger partial charge < -0.3 is 4.90 Å². The molecule has 6 heteroatoms. The molecule has 2 aromatic rings. The van der Waals surface area contributed by atoms with Crippen LogP contribution in [0.4, 0.5) is 5.69 Å². The van der Waals surface area contributed by atoms with E-state index in [2.05, 4.69) is 62.2 Å². The van der Waals surface area contributed by atoms with Gasteiger partial charge in [-0.25, -0.2) is 0 Å². The van der Waals surface area contributed by atoms with E-state index >= 15 is 0 Å². The van der Waals surface area contributed by atoms with E-state index in [1.165, 1.54) is 22.0 Å². The molecule has 114 valence electrons. The average molecular weight is 312 g/mol. The number of hydrogen-bond acceptors (Lipinski definition) is 5. The molecular formula is C15H18ClNO4. The van der Waals surface area contributed by atoms with Crippen LogP contribution in [0.15, 0.2) is 36.4 Å². The van der Waals surface area contributed by atoms with Gasteiger partial charge in [-0.3, -0.25) is 0 Å². The van der Waals surface area contributed by atoms with E-state index in [-0.39, 0.29) is 5.41 Å². The molecule has 1 heterocycles. The predicted molar refractivity (Wildman–Crippen MR) is 72.5 cm³/mol. The molecule has 0 atom stereocenters. The van der Waals surface area contributed by atoms with Crippen LogP contribution in [0.1, 0.15) is 19.4 Å². The van der Waals surface area contributed by atoms with Gasteiger partial charge in [-0.2, -0.15) is 14.0 Å². The topological polar surface area (TPSA) is 92.7 Å². The number of fused-ring (bicyclic) bond motifs is 3. The summed E-state index contributed by atoms with van der Waals surface area (Å²) in [6.07, 6.45) is 0. The molecule has 1 aliphatic rings. The minimum absolute atomic E-state index is 0.255. The molecule has 2 aromatic carbocycles. The fraction of sp³-hybridized carbons (Fsp3) is 0.333. The first-order valence-corrected chi connectivity index (χ1v) is 7.72. The molecule has 0 spiro atoms. The molecule has 0 unspecified atom stereocenters. The highest BCUT2D eigenvalue weighted by Crippen LogP contribution is 2.43. The Kier molecular flexibility index (Phi) is 4.15. The first-order chi connectivity index (χ1) is 9.59. The van der Waals surface area contributed by atoms with Gasteiger partial charge in [0, 0.05) is 24.7 Å². The molecule has 21 heavy (non-hydrogen) atoms. The van der Waals surface area contributed by atoms with Crippen LogP contribution < -0.4 is 18.9 Å². The summed E-state index contributed by atoms with van der Waals surface area (Å²) in [5, 5.41) is 2.76. The predicted octanol–water partition coefficient (Wildman–Crippen LogP) is -0.557. The first kappa shape index (κ1) is 16.0. The number of benzene rings is 2. The van der Waals surface area contributed by atoms with Gasteiger partial charge in [0.05, 0.1) is 14.9 Å². The highest BCUT2D eigenvalue weighted by molar-refractivity contribution is 5.92. The van der Waals surface area contributed by atoms with Crippen LogP contribution in [-0.2, 0) is 5.41 Å². The molecule has 0 aliphatic carbocycles. The van der Waals surface area contributed by atoms with Gasteiger partial charge in [0.25, 0.3) is 0 Å². The minimum Gasteiger partial charge on any atom is -0.373 e. The zero-order chi connectivity index (χ0) is 15.8. The second-order valence-corrected chi connectivity index (χ2v) is 6.61. The van der Waals surface area contributed by atoms with Gasteiger partial charge in [0.15, 0.2) is 0 Å². The van der Waals surface area contributed by atoms with Crippen LogP contribution in [-0.4, -0.2) is 18.3 Å². The lowest BCUT2D eigenvalue weighted by atomic mass is 9.84. The van der Waals surface area contributed by atoms with Gasteiger partial charge in [-0.15, -0.1) is 0 Å². The van der Waals surface area contributed by atoms with Crippen molar-refractivity contribution in [1.82, 2.24) is 0 Å². The molecule has 1 aliphatic heterocycles. The highest BCUT2D eigenvalue weighted by atomic mass is 35.7. The third kappa shape index (κ3) is 3.64. The number of anilines is 1. The largest absolute Gasteiger partial charge is 0.373 e. The molecular weight excluding hydrogens is 294 g/mol. The quantitative estimate of drug-likeness (QED) is 0.704. The molecule has 5 nitrogen and oxygen atoms in total. The van der Waals surface area contributed by atoms with Crippen LogP contribution in [0, 0.1) is 10.2 Å². The SMILES string of the molecule is CN1CC(C)(C)c2c1ccc1ccccc21.[O-][Cl+3]([O-])([O-])O. The average Bonchev–Trinajstić information content (AvgIpc) is 2.58. The Labute approximate surface area is 125 Å². The zero-order valence-electron chi connectivity index (χ0n) is 12.2. The summed E-state index contributed by atoms with van der Waals surface area (Å²) in [4.78, 5) is 2.36. The van der Waals surface area contributed by atoms with E-state index in [9.17, 15) is 0 Å². The van der Waals surface area contributed by atoms with E-state index in [1.54, 1.807) is 0 Å². The standard InChI is InChI=1S/C15H17N.ClHO4/c1-15(2)10-16(3)13-9-8-11-6-4-5-7-12(11)14(13)15;2-1(3,4)5/h4-9H,10H2,1-3H3;(H,2,3,4,5). The van der Waals surface area contributed by atoms with E-state index in [0.29, 0.717) is 0 Å². The number of likely N-dealkylation sites (N-methyl/N-ethyl adjacent to an activating group) is 1. The fourth-order valence-corrected chi connectivity index (χ4v) is 3.05. The Bertz CT molecular complexity index is 646. The Morgan fingerprint density at radius 1 is 1.10 bits per heavy atom. The van der Waals surface area contributed by atoms with Crippen LogP contribution in [0.2, 0.25) is 0 Å². The van der Waals surface area contributed by atoms with Crippen molar-refractivity contribution in [3.63, 3.8) is 0 Å². The summed E-state index contributed by atoms with van der Waals surface area (Å²) in [5.74, 6) is 0. The molecule has 0 radical (unpaired) electrons. The van der Waals surface area contributed by atoms with Crippen LogP contribution >= 0.6 is 0 Å². The minimum atomic E-state index is -4.69. The van der Waals surface area contributed by atoms with Crippen molar-refractivity contribution in [3.05, 3.63) is 42.0 Å². The monoisotopic (exact) mass is 311 g/mol. The number of halogens is 1. The molecule has 0 aromatic heterocycles. The smallest absolute Gasteiger partial charge is 0.0777 e. The van der Waals surface area contributed by atoms with Crippen molar-refractivity contribution in [2.75, 3.05) is 18.5 Å². The van der Waals surface area contributed by atoms with Gasteiger partial charge in [0.1, 0.15) is 0 Å². The Morgan fingerprint density at radius 3 is 2.29 bits per heavy atom. The lowest BCUT2D eigenvalue weighted by molar-refractivity contribution is -1.92. The van der Waals surface area contributed by atoms with Crippen LogP contribution in [0.5, 0.6) is 0 Å². The van der Waals surface area contributed by atoms with Crippen LogP contribution in [0.25, 0.3) is 10.8 Å². The molecule has 0 saturated carbocycles. The zero-order valence-corrected chi connectivity index (χ0v) is 12.9. The second-order valence-electron chi connectivity index (χ2n) is 5.82. The summed E-state index contributed by atoms with van der Waals surface area (Å²) in [5.41, 5.74) is 3.15.